The molecule has 0 saturated heterocycles. The second-order valence-electron chi connectivity index (χ2n) is 3.04. The van der Waals surface area contributed by atoms with Crippen LogP contribution in [0.25, 0.3) is 0 Å². The highest BCUT2D eigenvalue weighted by Gasteiger charge is 2.02. The van der Waals surface area contributed by atoms with E-state index in [4.69, 9.17) is 11.0 Å². The first kappa shape index (κ1) is 9.33. The Morgan fingerprint density at radius 1 is 1.77 bits per heavy atom. The van der Waals surface area contributed by atoms with Crippen LogP contribution in [0.1, 0.15) is 19.4 Å². The third-order valence-corrected chi connectivity index (χ3v) is 1.60. The van der Waals surface area contributed by atoms with Crippen molar-refractivity contribution in [1.82, 2.24) is 9.78 Å². The van der Waals surface area contributed by atoms with E-state index in [1.54, 1.807) is 10.9 Å². The standard InChI is InChI=1S/C9H12N4/c1-7(2)3-4-13-6-8(5-10)9(11)12-13/h3,6H,4H2,1-2H3,(H2,11,12). The van der Waals surface area contributed by atoms with Gasteiger partial charge >= 0.3 is 0 Å². The van der Waals surface area contributed by atoms with Gasteiger partial charge < -0.3 is 5.73 Å². The number of allylic oxidation sites excluding steroid dienone is 2. The number of hydrogen-bond donors (Lipinski definition) is 1. The number of nitrogens with two attached hydrogens (primary N) is 1. The minimum Gasteiger partial charge on any atom is -0.381 e. The van der Waals surface area contributed by atoms with Crippen molar-refractivity contribution < 1.29 is 0 Å². The van der Waals surface area contributed by atoms with E-state index in [0.717, 1.165) is 0 Å². The largest absolute Gasteiger partial charge is 0.381 e. The molecule has 1 aromatic heterocycles. The normalized spacial score (nSPS) is 9.31. The summed E-state index contributed by atoms with van der Waals surface area (Å²) >= 11 is 0. The van der Waals surface area contributed by atoms with E-state index in [1.807, 2.05) is 26.0 Å². The van der Waals surface area contributed by atoms with Gasteiger partial charge in [0.05, 0.1) is 6.54 Å². The minimum atomic E-state index is 0.296. The van der Waals surface area contributed by atoms with Crippen molar-refractivity contribution in [3.63, 3.8) is 0 Å². The average molecular weight is 176 g/mol. The van der Waals surface area contributed by atoms with Crippen LogP contribution in [0.2, 0.25) is 0 Å². The molecule has 0 spiro atoms. The molecular weight excluding hydrogens is 164 g/mol. The van der Waals surface area contributed by atoms with E-state index >= 15 is 0 Å². The van der Waals surface area contributed by atoms with Gasteiger partial charge in [-0.2, -0.15) is 10.4 Å². The Labute approximate surface area is 77.3 Å². The second kappa shape index (κ2) is 3.76. The smallest absolute Gasteiger partial charge is 0.163 e. The summed E-state index contributed by atoms with van der Waals surface area (Å²) in [5.74, 6) is 0.296. The first-order valence-corrected chi connectivity index (χ1v) is 4.00. The number of nitriles is 1. The molecule has 0 unspecified atom stereocenters. The van der Waals surface area contributed by atoms with Crippen LogP contribution >= 0.6 is 0 Å². The maximum Gasteiger partial charge on any atom is 0.163 e. The SMILES string of the molecule is CC(C)=CCn1cc(C#N)c(N)n1. The molecule has 13 heavy (non-hydrogen) atoms. The Bertz CT molecular complexity index is 363. The summed E-state index contributed by atoms with van der Waals surface area (Å²) < 4.78 is 1.65. The fourth-order valence-electron chi connectivity index (χ4n) is 0.892. The molecule has 4 nitrogen and oxygen atoms in total. The molecule has 0 aliphatic heterocycles. The monoisotopic (exact) mass is 176 g/mol. The van der Waals surface area contributed by atoms with Crippen molar-refractivity contribution in [2.75, 3.05) is 5.73 Å². The Hall–Kier alpha value is -1.76. The Morgan fingerprint density at radius 2 is 2.46 bits per heavy atom. The van der Waals surface area contributed by atoms with Gasteiger partial charge in [0.2, 0.25) is 0 Å². The van der Waals surface area contributed by atoms with Crippen LogP contribution in [0.5, 0.6) is 0 Å². The van der Waals surface area contributed by atoms with Gasteiger partial charge in [0, 0.05) is 6.20 Å². The van der Waals surface area contributed by atoms with Crippen LogP contribution in [0.3, 0.4) is 0 Å². The summed E-state index contributed by atoms with van der Waals surface area (Å²) in [6.45, 7) is 4.68. The van der Waals surface area contributed by atoms with Gasteiger partial charge in [-0.25, -0.2) is 0 Å². The lowest BCUT2D eigenvalue weighted by atomic mass is 10.3. The molecule has 0 saturated carbocycles. The summed E-state index contributed by atoms with van der Waals surface area (Å²) in [5, 5.41) is 12.6. The minimum absolute atomic E-state index is 0.296. The molecule has 0 aromatic carbocycles. The van der Waals surface area contributed by atoms with Gasteiger partial charge in [-0.3, -0.25) is 4.68 Å². The number of nitrogen functional groups attached to an aromatic ring is 1. The molecule has 0 aliphatic carbocycles. The molecule has 4 heteroatoms. The van der Waals surface area contributed by atoms with Crippen molar-refractivity contribution in [2.24, 2.45) is 0 Å². The number of anilines is 1. The van der Waals surface area contributed by atoms with E-state index in [0.29, 0.717) is 17.9 Å². The van der Waals surface area contributed by atoms with E-state index in [9.17, 15) is 0 Å². The maximum absolute atomic E-state index is 8.61. The van der Waals surface area contributed by atoms with Crippen molar-refractivity contribution in [3.8, 4) is 6.07 Å². The lowest BCUT2D eigenvalue weighted by molar-refractivity contribution is 0.702. The molecule has 0 amide bonds. The zero-order valence-electron chi connectivity index (χ0n) is 7.78. The van der Waals surface area contributed by atoms with E-state index in [2.05, 4.69) is 5.10 Å². The average Bonchev–Trinajstić information content (AvgIpc) is 2.43. The quantitative estimate of drug-likeness (QED) is 0.690. The summed E-state index contributed by atoms with van der Waals surface area (Å²) in [4.78, 5) is 0. The summed E-state index contributed by atoms with van der Waals surface area (Å²) in [7, 11) is 0. The number of nitrogens with zero attached hydrogens (tertiary/aromatic N) is 3. The number of aromatic nitrogens is 2. The van der Waals surface area contributed by atoms with Crippen molar-refractivity contribution in [1.29, 1.82) is 5.26 Å². The van der Waals surface area contributed by atoms with Crippen LogP contribution in [-0.4, -0.2) is 9.78 Å². The molecule has 2 N–H and O–H groups in total. The number of hydrogen-bond acceptors (Lipinski definition) is 3. The predicted octanol–water partition coefficient (Wildman–Crippen LogP) is 1.30. The van der Waals surface area contributed by atoms with Gasteiger partial charge in [0.15, 0.2) is 5.82 Å². The van der Waals surface area contributed by atoms with E-state index in [1.165, 1.54) is 5.57 Å². The Kier molecular flexibility index (Phi) is 2.70. The second-order valence-corrected chi connectivity index (χ2v) is 3.04. The van der Waals surface area contributed by atoms with Crippen molar-refractivity contribution in [3.05, 3.63) is 23.4 Å². The summed E-state index contributed by atoms with van der Waals surface area (Å²) in [6, 6.07) is 1.97. The highest BCUT2D eigenvalue weighted by Crippen LogP contribution is 2.06. The van der Waals surface area contributed by atoms with Gasteiger partial charge in [-0.1, -0.05) is 11.6 Å². The van der Waals surface area contributed by atoms with Crippen LogP contribution in [-0.2, 0) is 6.54 Å². The van der Waals surface area contributed by atoms with Crippen LogP contribution in [0, 0.1) is 11.3 Å². The van der Waals surface area contributed by atoms with Gasteiger partial charge in [0.25, 0.3) is 0 Å². The third kappa shape index (κ3) is 2.34. The van der Waals surface area contributed by atoms with Crippen molar-refractivity contribution in [2.45, 2.75) is 20.4 Å². The molecule has 1 aromatic rings. The highest BCUT2D eigenvalue weighted by molar-refractivity contribution is 5.46. The summed E-state index contributed by atoms with van der Waals surface area (Å²) in [5.41, 5.74) is 7.13. The first-order valence-electron chi connectivity index (χ1n) is 4.00. The molecule has 0 bridgehead atoms. The molecule has 0 atom stereocenters. The predicted molar refractivity (Wildman–Crippen MR) is 50.8 cm³/mol. The van der Waals surface area contributed by atoms with Crippen molar-refractivity contribution >= 4 is 5.82 Å². The lowest BCUT2D eigenvalue weighted by Gasteiger charge is -1.94. The van der Waals surface area contributed by atoms with Gasteiger partial charge in [-0.15, -0.1) is 0 Å². The lowest BCUT2D eigenvalue weighted by Crippen LogP contribution is -1.97. The molecule has 1 heterocycles. The fraction of sp³-hybridized carbons (Fsp3) is 0.333. The molecule has 1 rings (SSSR count). The topological polar surface area (TPSA) is 67.6 Å². The molecule has 0 fully saturated rings. The van der Waals surface area contributed by atoms with Crippen LogP contribution < -0.4 is 5.73 Å². The van der Waals surface area contributed by atoms with Crippen LogP contribution in [0.4, 0.5) is 5.82 Å². The van der Waals surface area contributed by atoms with E-state index < -0.39 is 0 Å². The van der Waals surface area contributed by atoms with Gasteiger partial charge in [-0.05, 0) is 13.8 Å². The third-order valence-electron chi connectivity index (χ3n) is 1.60. The highest BCUT2D eigenvalue weighted by atomic mass is 15.3. The zero-order valence-corrected chi connectivity index (χ0v) is 7.78. The number of rotatable bonds is 2. The molecule has 0 radical (unpaired) electrons. The van der Waals surface area contributed by atoms with Gasteiger partial charge in [0.1, 0.15) is 11.6 Å². The molecular formula is C9H12N4. The van der Waals surface area contributed by atoms with E-state index in [-0.39, 0.29) is 0 Å². The Balaban J connectivity index is 2.81. The fourth-order valence-corrected chi connectivity index (χ4v) is 0.892. The molecule has 68 valence electrons. The first-order chi connectivity index (χ1) is 6.13. The molecule has 0 aliphatic rings. The summed E-state index contributed by atoms with van der Waals surface area (Å²) in [6.07, 6.45) is 3.67. The zero-order chi connectivity index (χ0) is 9.84. The maximum atomic E-state index is 8.61. The van der Waals surface area contributed by atoms with Crippen LogP contribution in [0.15, 0.2) is 17.8 Å². The Morgan fingerprint density at radius 3 is 2.92 bits per heavy atom.